The van der Waals surface area contributed by atoms with Crippen LogP contribution in [0.15, 0.2) is 4.99 Å². The van der Waals surface area contributed by atoms with E-state index in [0.717, 1.165) is 38.6 Å². The van der Waals surface area contributed by atoms with Gasteiger partial charge in [-0.3, -0.25) is 4.99 Å². The largest absolute Gasteiger partial charge is 0.444 e. The maximum absolute atomic E-state index is 12.2. The molecule has 0 bridgehead atoms. The predicted molar refractivity (Wildman–Crippen MR) is 96.8 cm³/mol. The lowest BCUT2D eigenvalue weighted by atomic mass is 10.1. The molecule has 2 fully saturated rings. The van der Waals surface area contributed by atoms with Gasteiger partial charge < -0.3 is 24.6 Å². The van der Waals surface area contributed by atoms with Crippen LogP contribution in [0.5, 0.6) is 0 Å². The molecule has 2 atom stereocenters. The zero-order valence-corrected chi connectivity index (χ0v) is 15.8. The van der Waals surface area contributed by atoms with Gasteiger partial charge in [-0.1, -0.05) is 0 Å². The minimum absolute atomic E-state index is 0.219. The van der Waals surface area contributed by atoms with E-state index < -0.39 is 5.60 Å². The number of hydrogen-bond donors (Lipinski definition) is 1. The third-order valence-corrected chi connectivity index (χ3v) is 4.88. The molecule has 3 rings (SSSR count). The molecule has 0 radical (unpaired) electrons. The average Bonchev–Trinajstić information content (AvgIpc) is 2.97. The van der Waals surface area contributed by atoms with E-state index in [1.807, 2.05) is 20.8 Å². The van der Waals surface area contributed by atoms with Gasteiger partial charge in [-0.15, -0.1) is 0 Å². The van der Waals surface area contributed by atoms with E-state index in [0.29, 0.717) is 19.2 Å². The molecular formula is C18H32N4O3. The summed E-state index contributed by atoms with van der Waals surface area (Å²) in [5, 5.41) is 3.47. The minimum atomic E-state index is -0.450. The van der Waals surface area contributed by atoms with Gasteiger partial charge in [-0.2, -0.15) is 0 Å². The number of nitrogens with zero attached hydrogens (tertiary/aromatic N) is 3. The van der Waals surface area contributed by atoms with E-state index in [-0.39, 0.29) is 12.1 Å². The van der Waals surface area contributed by atoms with Gasteiger partial charge in [-0.25, -0.2) is 4.79 Å². The fraction of sp³-hybridized carbons (Fsp3) is 0.889. The number of carbonyl (C=O) groups excluding carboxylic acids is 1. The quantitative estimate of drug-likeness (QED) is 0.839. The molecule has 0 aliphatic carbocycles. The molecule has 2 saturated heterocycles. The summed E-state index contributed by atoms with van der Waals surface area (Å²) in [6, 6.07) is 0.259. The van der Waals surface area contributed by atoms with E-state index in [1.54, 1.807) is 4.90 Å². The molecule has 1 N–H and O–H groups in total. The van der Waals surface area contributed by atoms with Gasteiger partial charge in [0.25, 0.3) is 0 Å². The van der Waals surface area contributed by atoms with Gasteiger partial charge in [0.2, 0.25) is 0 Å². The first kappa shape index (κ1) is 18.3. The number of carbonyl (C=O) groups is 1. The first-order chi connectivity index (χ1) is 11.9. The lowest BCUT2D eigenvalue weighted by Gasteiger charge is -2.39. The molecule has 3 aliphatic heterocycles. The van der Waals surface area contributed by atoms with Crippen molar-refractivity contribution in [2.24, 2.45) is 4.99 Å². The number of hydrogen-bond acceptors (Lipinski definition) is 6. The highest BCUT2D eigenvalue weighted by molar-refractivity contribution is 5.82. The van der Waals surface area contributed by atoms with Crippen molar-refractivity contribution in [3.8, 4) is 0 Å². The second-order valence-corrected chi connectivity index (χ2v) is 8.14. The van der Waals surface area contributed by atoms with Crippen LogP contribution in [0.3, 0.4) is 0 Å². The van der Waals surface area contributed by atoms with Gasteiger partial charge in [0.15, 0.2) is 5.96 Å². The van der Waals surface area contributed by atoms with Crippen LogP contribution >= 0.6 is 0 Å². The number of piperazine rings is 1. The number of aliphatic imine (C=N–C) groups is 1. The van der Waals surface area contributed by atoms with Gasteiger partial charge in [0.1, 0.15) is 5.60 Å². The smallest absolute Gasteiger partial charge is 0.410 e. The SMILES string of the molecule is CC(C)(C)OC(=O)N1CCN2C(NCCC3CCCCO3)=NCC2C1. The molecule has 142 valence electrons. The summed E-state index contributed by atoms with van der Waals surface area (Å²) in [5.74, 6) is 0.977. The third kappa shape index (κ3) is 5.00. The second kappa shape index (κ2) is 7.81. The van der Waals surface area contributed by atoms with Crippen molar-refractivity contribution >= 4 is 12.1 Å². The van der Waals surface area contributed by atoms with Crippen LogP contribution in [0, 0.1) is 0 Å². The van der Waals surface area contributed by atoms with Crippen LogP contribution in [0.25, 0.3) is 0 Å². The highest BCUT2D eigenvalue weighted by Crippen LogP contribution is 2.19. The standard InChI is InChI=1S/C18H32N4O3/c1-18(2,3)25-17(23)21-9-10-22-14(13-21)12-20-16(22)19-8-7-15-6-4-5-11-24-15/h14-15H,4-13H2,1-3H3,(H,19,20). The van der Waals surface area contributed by atoms with Gasteiger partial charge in [0, 0.05) is 32.8 Å². The van der Waals surface area contributed by atoms with Crippen molar-refractivity contribution in [2.75, 3.05) is 39.3 Å². The van der Waals surface area contributed by atoms with Gasteiger partial charge >= 0.3 is 6.09 Å². The van der Waals surface area contributed by atoms with Crippen LogP contribution in [0.1, 0.15) is 46.5 Å². The topological polar surface area (TPSA) is 66.4 Å². The molecule has 1 amide bonds. The molecule has 7 nitrogen and oxygen atoms in total. The first-order valence-electron chi connectivity index (χ1n) is 9.57. The monoisotopic (exact) mass is 352 g/mol. The Balaban J connectivity index is 1.42. The Labute approximate surface area is 150 Å². The Morgan fingerprint density at radius 2 is 2.20 bits per heavy atom. The summed E-state index contributed by atoms with van der Waals surface area (Å²) in [5.41, 5.74) is -0.450. The summed E-state index contributed by atoms with van der Waals surface area (Å²) < 4.78 is 11.3. The Morgan fingerprint density at radius 3 is 2.92 bits per heavy atom. The molecule has 7 heteroatoms. The molecular weight excluding hydrogens is 320 g/mol. The molecule has 0 spiro atoms. The predicted octanol–water partition coefficient (Wildman–Crippen LogP) is 1.83. The van der Waals surface area contributed by atoms with Crippen LogP contribution in [-0.4, -0.2) is 78.9 Å². The molecule has 25 heavy (non-hydrogen) atoms. The number of guanidine groups is 1. The number of fused-ring (bicyclic) bond motifs is 1. The minimum Gasteiger partial charge on any atom is -0.444 e. The molecule has 0 aromatic carbocycles. The molecule has 3 heterocycles. The van der Waals surface area contributed by atoms with Crippen LogP contribution in [0.4, 0.5) is 4.79 Å². The summed E-state index contributed by atoms with van der Waals surface area (Å²) >= 11 is 0. The van der Waals surface area contributed by atoms with Crippen LogP contribution in [0.2, 0.25) is 0 Å². The van der Waals surface area contributed by atoms with Crippen molar-refractivity contribution < 1.29 is 14.3 Å². The Bertz CT molecular complexity index is 497. The van der Waals surface area contributed by atoms with E-state index in [2.05, 4.69) is 15.2 Å². The van der Waals surface area contributed by atoms with E-state index in [1.165, 1.54) is 19.3 Å². The Kier molecular flexibility index (Phi) is 5.71. The average molecular weight is 352 g/mol. The highest BCUT2D eigenvalue weighted by Gasteiger charge is 2.36. The lowest BCUT2D eigenvalue weighted by Crippen LogP contribution is -2.57. The number of amides is 1. The molecule has 3 aliphatic rings. The summed E-state index contributed by atoms with van der Waals surface area (Å²) in [4.78, 5) is 21.0. The Morgan fingerprint density at radius 1 is 1.36 bits per heavy atom. The van der Waals surface area contributed by atoms with E-state index in [4.69, 9.17) is 9.47 Å². The van der Waals surface area contributed by atoms with Crippen LogP contribution in [-0.2, 0) is 9.47 Å². The lowest BCUT2D eigenvalue weighted by molar-refractivity contribution is 0.0110. The van der Waals surface area contributed by atoms with Gasteiger partial charge in [-0.05, 0) is 46.5 Å². The van der Waals surface area contributed by atoms with Gasteiger partial charge in [0.05, 0.1) is 18.7 Å². The molecule has 2 unspecified atom stereocenters. The van der Waals surface area contributed by atoms with Crippen molar-refractivity contribution in [2.45, 2.75) is 64.2 Å². The fourth-order valence-electron chi connectivity index (χ4n) is 3.60. The molecule has 0 aromatic heterocycles. The zero-order chi connectivity index (χ0) is 17.9. The van der Waals surface area contributed by atoms with Crippen molar-refractivity contribution in [1.82, 2.24) is 15.1 Å². The van der Waals surface area contributed by atoms with E-state index >= 15 is 0 Å². The molecule has 0 aromatic rings. The van der Waals surface area contributed by atoms with Crippen molar-refractivity contribution in [3.63, 3.8) is 0 Å². The number of nitrogens with one attached hydrogen (secondary N) is 1. The van der Waals surface area contributed by atoms with Crippen molar-refractivity contribution in [1.29, 1.82) is 0 Å². The first-order valence-corrected chi connectivity index (χ1v) is 9.57. The van der Waals surface area contributed by atoms with Crippen LogP contribution < -0.4 is 5.32 Å². The number of ether oxygens (including phenoxy) is 2. The maximum atomic E-state index is 12.2. The number of rotatable bonds is 3. The van der Waals surface area contributed by atoms with Crippen molar-refractivity contribution in [3.05, 3.63) is 0 Å². The Hall–Kier alpha value is -1.50. The summed E-state index contributed by atoms with van der Waals surface area (Å²) in [6.45, 7) is 10.4. The molecule has 0 saturated carbocycles. The third-order valence-electron chi connectivity index (χ3n) is 4.88. The summed E-state index contributed by atoms with van der Waals surface area (Å²) in [6.07, 6.45) is 4.85. The second-order valence-electron chi connectivity index (χ2n) is 8.14. The van der Waals surface area contributed by atoms with E-state index in [9.17, 15) is 4.79 Å². The maximum Gasteiger partial charge on any atom is 0.410 e. The normalized spacial score (nSPS) is 26.9. The highest BCUT2D eigenvalue weighted by atomic mass is 16.6. The summed E-state index contributed by atoms with van der Waals surface area (Å²) in [7, 11) is 0. The fourth-order valence-corrected chi connectivity index (χ4v) is 3.60. The zero-order valence-electron chi connectivity index (χ0n) is 15.8.